The predicted octanol–water partition coefficient (Wildman–Crippen LogP) is 2.34. The number of nitrogens with one attached hydrogen (secondary N) is 1. The van der Waals surface area contributed by atoms with Gasteiger partial charge in [-0.1, -0.05) is 36.0 Å². The molecule has 8 nitrogen and oxygen atoms in total. The number of aromatic nitrogens is 3. The van der Waals surface area contributed by atoms with Crippen molar-refractivity contribution in [2.75, 3.05) is 19.6 Å². The van der Waals surface area contributed by atoms with E-state index in [0.29, 0.717) is 36.1 Å². The molecule has 1 amide bonds. The number of rotatable bonds is 7. The summed E-state index contributed by atoms with van der Waals surface area (Å²) in [6.07, 6.45) is 4.43. The lowest BCUT2D eigenvalue weighted by Gasteiger charge is -2.49. The molecule has 1 saturated carbocycles. The van der Waals surface area contributed by atoms with Crippen molar-refractivity contribution in [2.45, 2.75) is 24.3 Å². The maximum Gasteiger partial charge on any atom is 0.264 e. The summed E-state index contributed by atoms with van der Waals surface area (Å²) < 4.78 is 26.9. The molecule has 0 radical (unpaired) electrons. The van der Waals surface area contributed by atoms with E-state index < -0.39 is 10.0 Å². The third-order valence-corrected chi connectivity index (χ3v) is 7.63. The van der Waals surface area contributed by atoms with E-state index in [2.05, 4.69) is 15.5 Å². The molecule has 2 heterocycles. The van der Waals surface area contributed by atoms with Crippen molar-refractivity contribution in [1.82, 2.24) is 24.6 Å². The number of hydrogen-bond acceptors (Lipinski definition) is 5. The van der Waals surface area contributed by atoms with E-state index in [4.69, 9.17) is 23.2 Å². The van der Waals surface area contributed by atoms with Crippen LogP contribution in [0.5, 0.6) is 0 Å². The summed E-state index contributed by atoms with van der Waals surface area (Å²) in [5.41, 5.74) is 0.0614. The van der Waals surface area contributed by atoms with E-state index >= 15 is 0 Å². The molecule has 0 atom stereocenters. The summed E-state index contributed by atoms with van der Waals surface area (Å²) in [6, 6.07) is 4.72. The van der Waals surface area contributed by atoms with Crippen molar-refractivity contribution < 1.29 is 13.2 Å². The minimum atomic E-state index is -3.68. The highest BCUT2D eigenvalue weighted by molar-refractivity contribution is 7.89. The zero-order chi connectivity index (χ0) is 20.8. The standard InChI is InChI=1S/C18H21Cl2N5O3S/c1-24-22-8-16(23-24)29(27,28)25-10-18(11-25,7-12-2-3-12)9-21-17(26)14-5-4-13(19)6-15(14)20/h4-6,8,12H,2-3,7,9-11H2,1H3,(H,21,26). The number of sulfonamides is 1. The van der Waals surface area contributed by atoms with Crippen LogP contribution in [0.2, 0.25) is 10.0 Å². The third-order valence-electron chi connectivity index (χ3n) is 5.42. The molecule has 2 aromatic rings. The smallest absolute Gasteiger partial charge is 0.264 e. The molecule has 29 heavy (non-hydrogen) atoms. The van der Waals surface area contributed by atoms with Crippen LogP contribution in [-0.4, -0.2) is 53.3 Å². The number of benzene rings is 1. The van der Waals surface area contributed by atoms with Gasteiger partial charge in [-0.05, 0) is 30.5 Å². The Morgan fingerprint density at radius 1 is 1.31 bits per heavy atom. The molecule has 0 bridgehead atoms. The molecule has 2 aliphatic rings. The van der Waals surface area contributed by atoms with Gasteiger partial charge in [0.15, 0.2) is 0 Å². The summed E-state index contributed by atoms with van der Waals surface area (Å²) in [4.78, 5) is 13.8. The fourth-order valence-electron chi connectivity index (χ4n) is 3.73. The van der Waals surface area contributed by atoms with Crippen LogP contribution >= 0.6 is 23.2 Å². The lowest BCUT2D eigenvalue weighted by molar-refractivity contribution is 0.0505. The number of carbonyl (C=O) groups is 1. The van der Waals surface area contributed by atoms with E-state index in [1.54, 1.807) is 19.2 Å². The van der Waals surface area contributed by atoms with Crippen molar-refractivity contribution in [3.05, 3.63) is 40.0 Å². The fraction of sp³-hybridized carbons (Fsp3) is 0.500. The van der Waals surface area contributed by atoms with Crippen LogP contribution in [0.25, 0.3) is 0 Å². The number of amides is 1. The molecule has 0 unspecified atom stereocenters. The quantitative estimate of drug-likeness (QED) is 0.687. The van der Waals surface area contributed by atoms with Crippen LogP contribution < -0.4 is 5.32 Å². The average Bonchev–Trinajstić information content (AvgIpc) is 3.33. The highest BCUT2D eigenvalue weighted by Gasteiger charge is 2.51. The third kappa shape index (κ3) is 4.28. The van der Waals surface area contributed by atoms with Gasteiger partial charge in [-0.2, -0.15) is 14.2 Å². The normalized spacial score (nSPS) is 19.0. The lowest BCUT2D eigenvalue weighted by Crippen LogP contribution is -2.62. The highest BCUT2D eigenvalue weighted by Crippen LogP contribution is 2.46. The molecule has 1 aliphatic carbocycles. The second-order valence-corrected chi connectivity index (χ2v) is 10.6. The van der Waals surface area contributed by atoms with Gasteiger partial charge >= 0.3 is 0 Å². The van der Waals surface area contributed by atoms with Crippen LogP contribution in [0.3, 0.4) is 0 Å². The van der Waals surface area contributed by atoms with Crippen molar-refractivity contribution in [3.63, 3.8) is 0 Å². The first kappa shape index (κ1) is 20.6. The zero-order valence-electron chi connectivity index (χ0n) is 15.8. The molecule has 1 aromatic carbocycles. The molecule has 156 valence electrons. The van der Waals surface area contributed by atoms with Crippen LogP contribution in [0.1, 0.15) is 29.6 Å². The second-order valence-electron chi connectivity index (χ2n) is 7.90. The minimum absolute atomic E-state index is 0.0583. The SMILES string of the molecule is Cn1ncc(S(=O)(=O)N2CC(CNC(=O)c3ccc(Cl)cc3Cl)(CC3CC3)C2)n1. The Bertz CT molecular complexity index is 1050. The van der Waals surface area contributed by atoms with Crippen LogP contribution in [0, 0.1) is 11.3 Å². The molecule has 1 aliphatic heterocycles. The van der Waals surface area contributed by atoms with Crippen molar-refractivity contribution in [1.29, 1.82) is 0 Å². The van der Waals surface area contributed by atoms with E-state index in [-0.39, 0.29) is 21.4 Å². The first-order valence-corrected chi connectivity index (χ1v) is 11.5. The van der Waals surface area contributed by atoms with Gasteiger partial charge in [0.25, 0.3) is 15.9 Å². The number of aryl methyl sites for hydroxylation is 1. The maximum absolute atomic E-state index is 12.7. The highest BCUT2D eigenvalue weighted by atomic mass is 35.5. The Morgan fingerprint density at radius 3 is 2.62 bits per heavy atom. The Balaban J connectivity index is 1.44. The van der Waals surface area contributed by atoms with E-state index in [1.165, 1.54) is 21.4 Å². The first-order valence-electron chi connectivity index (χ1n) is 9.28. The largest absolute Gasteiger partial charge is 0.351 e. The summed E-state index contributed by atoms with van der Waals surface area (Å²) in [7, 11) is -2.11. The first-order chi connectivity index (χ1) is 13.7. The van der Waals surface area contributed by atoms with Gasteiger partial charge in [0.1, 0.15) is 0 Å². The van der Waals surface area contributed by atoms with Crippen LogP contribution in [-0.2, 0) is 17.1 Å². The van der Waals surface area contributed by atoms with E-state index in [1.807, 2.05) is 0 Å². The zero-order valence-corrected chi connectivity index (χ0v) is 18.1. The molecule has 4 rings (SSSR count). The molecule has 0 spiro atoms. The number of halogens is 2. The summed E-state index contributed by atoms with van der Waals surface area (Å²) in [5.74, 6) is 0.296. The van der Waals surface area contributed by atoms with Gasteiger partial charge in [0.05, 0.1) is 16.8 Å². The minimum Gasteiger partial charge on any atom is -0.351 e. The molecule has 2 fully saturated rings. The van der Waals surface area contributed by atoms with Crippen molar-refractivity contribution in [2.24, 2.45) is 18.4 Å². The van der Waals surface area contributed by atoms with Gasteiger partial charge in [-0.3, -0.25) is 4.79 Å². The Kier molecular flexibility index (Phi) is 5.35. The fourth-order valence-corrected chi connectivity index (χ4v) is 5.78. The van der Waals surface area contributed by atoms with Gasteiger partial charge in [-0.25, -0.2) is 8.42 Å². The number of hydrogen-bond donors (Lipinski definition) is 1. The molecule has 11 heteroatoms. The van der Waals surface area contributed by atoms with Crippen LogP contribution in [0.4, 0.5) is 0 Å². The number of carbonyl (C=O) groups excluding carboxylic acids is 1. The molecular weight excluding hydrogens is 437 g/mol. The van der Waals surface area contributed by atoms with E-state index in [9.17, 15) is 13.2 Å². The van der Waals surface area contributed by atoms with Gasteiger partial charge in [0.2, 0.25) is 5.03 Å². The van der Waals surface area contributed by atoms with Gasteiger partial charge in [-0.15, -0.1) is 5.10 Å². The summed E-state index contributed by atoms with van der Waals surface area (Å²) >= 11 is 12.0. The van der Waals surface area contributed by atoms with Crippen LogP contribution in [0.15, 0.2) is 29.4 Å². The second kappa shape index (κ2) is 7.54. The lowest BCUT2D eigenvalue weighted by atomic mass is 9.76. The Labute approximate surface area is 179 Å². The predicted molar refractivity (Wildman–Crippen MR) is 108 cm³/mol. The van der Waals surface area contributed by atoms with E-state index in [0.717, 1.165) is 19.3 Å². The Morgan fingerprint density at radius 2 is 2.03 bits per heavy atom. The molecule has 1 saturated heterocycles. The molecular formula is C18H21Cl2N5O3S. The Hall–Kier alpha value is -1.68. The maximum atomic E-state index is 12.7. The van der Waals surface area contributed by atoms with Gasteiger partial charge in [0, 0.05) is 37.1 Å². The van der Waals surface area contributed by atoms with Crippen molar-refractivity contribution in [3.8, 4) is 0 Å². The van der Waals surface area contributed by atoms with Gasteiger partial charge < -0.3 is 5.32 Å². The number of nitrogens with zero attached hydrogens (tertiary/aromatic N) is 4. The summed E-state index contributed by atoms with van der Waals surface area (Å²) in [6.45, 7) is 1.07. The monoisotopic (exact) mass is 457 g/mol. The summed E-state index contributed by atoms with van der Waals surface area (Å²) in [5, 5.41) is 11.4. The van der Waals surface area contributed by atoms with Crippen molar-refractivity contribution >= 4 is 39.1 Å². The topological polar surface area (TPSA) is 97.2 Å². The molecule has 1 aromatic heterocycles. The average molecular weight is 458 g/mol. The molecule has 1 N–H and O–H groups in total.